The fraction of sp³-hybridized carbons (Fsp3) is 0.387. The van der Waals surface area contributed by atoms with Crippen molar-refractivity contribution >= 4 is 23.0 Å². The van der Waals surface area contributed by atoms with Crippen LogP contribution in [0.5, 0.6) is 0 Å². The Labute approximate surface area is 239 Å². The van der Waals surface area contributed by atoms with Gasteiger partial charge in [-0.3, -0.25) is 19.8 Å². The lowest BCUT2D eigenvalue weighted by molar-refractivity contribution is -0.384. The predicted molar refractivity (Wildman–Crippen MR) is 155 cm³/mol. The monoisotopic (exact) mass is 560 g/mol. The average Bonchev–Trinajstić information content (AvgIpc) is 2.98. The second-order valence-corrected chi connectivity index (χ2v) is 10.7. The number of carbonyl (C=O) groups excluding carboxylic acids is 1. The minimum Gasteiger partial charge on any atom is -0.392 e. The Hall–Kier alpha value is -3.83. The molecule has 10 nitrogen and oxygen atoms in total. The Bertz CT molecular complexity index is 1340. The number of rotatable bonds is 8. The molecule has 0 unspecified atom stereocenters. The van der Waals surface area contributed by atoms with E-state index in [1.54, 1.807) is 12.1 Å². The molecule has 3 aromatic carbocycles. The number of nitro benzene ring substituents is 1. The van der Waals surface area contributed by atoms with E-state index in [1.165, 1.54) is 6.92 Å². The van der Waals surface area contributed by atoms with Crippen LogP contribution in [-0.4, -0.2) is 59.7 Å². The number of non-ortho nitro benzene ring substituents is 1. The summed E-state index contributed by atoms with van der Waals surface area (Å²) in [6.45, 7) is 7.63. The first-order chi connectivity index (χ1) is 19.8. The molecule has 0 radical (unpaired) electrons. The molecule has 5 rings (SSSR count). The molecule has 3 aromatic rings. The summed E-state index contributed by atoms with van der Waals surface area (Å²) in [4.78, 5) is 26.9. The molecule has 0 saturated carbocycles. The minimum atomic E-state index is -0.617. The molecule has 0 bridgehead atoms. The molecule has 10 heteroatoms. The number of anilines is 2. The van der Waals surface area contributed by atoms with E-state index < -0.39 is 6.29 Å². The maximum absolute atomic E-state index is 11.6. The molecule has 2 aliphatic heterocycles. The smallest absolute Gasteiger partial charge is 0.269 e. The van der Waals surface area contributed by atoms with Crippen molar-refractivity contribution in [3.05, 3.63) is 99.6 Å². The second-order valence-electron chi connectivity index (χ2n) is 10.7. The number of nitrogens with one attached hydrogen (secondary N) is 1. The number of hydrogen-bond acceptors (Lipinski definition) is 8. The molecule has 0 spiro atoms. The first-order valence-electron chi connectivity index (χ1n) is 13.9. The number of aliphatic hydroxyl groups is 1. The summed E-state index contributed by atoms with van der Waals surface area (Å²) in [5.74, 6) is -0.0914. The zero-order valence-electron chi connectivity index (χ0n) is 23.3. The Morgan fingerprint density at radius 1 is 1.00 bits per heavy atom. The second kappa shape index (κ2) is 12.8. The molecule has 2 fully saturated rings. The summed E-state index contributed by atoms with van der Waals surface area (Å²) in [7, 11) is 0. The molecule has 2 aliphatic rings. The van der Waals surface area contributed by atoms with E-state index in [1.807, 2.05) is 60.7 Å². The molecular weight excluding hydrogens is 524 g/mol. The van der Waals surface area contributed by atoms with Crippen LogP contribution in [0.4, 0.5) is 17.1 Å². The van der Waals surface area contributed by atoms with Crippen molar-refractivity contribution in [2.45, 2.75) is 39.0 Å². The zero-order valence-corrected chi connectivity index (χ0v) is 23.3. The van der Waals surface area contributed by atoms with Crippen molar-refractivity contribution in [3.8, 4) is 0 Å². The van der Waals surface area contributed by atoms with E-state index in [4.69, 9.17) is 9.47 Å². The van der Waals surface area contributed by atoms with Crippen LogP contribution in [0.2, 0.25) is 0 Å². The van der Waals surface area contributed by atoms with Gasteiger partial charge in [0.2, 0.25) is 5.91 Å². The lowest BCUT2D eigenvalue weighted by Crippen LogP contribution is -2.51. The standard InChI is InChI=1S/C31H36N4O6/c1-21-29(19-33-14-16-34(17-15-33)27-10-12-28(13-11-27)35(38)39)40-31(25-4-3-5-26(18-25)32-22(2)37)41-30(21)24-8-6-23(20-36)7-9-24/h3-13,18,21,29-31,36H,14-17,19-20H2,1-2H3,(H,32,37)/t21-,29+,30+,31+/m1/s1. The maximum atomic E-state index is 11.6. The molecule has 4 atom stereocenters. The third-order valence-corrected chi connectivity index (χ3v) is 7.84. The number of ether oxygens (including phenoxy) is 2. The number of amides is 1. The van der Waals surface area contributed by atoms with Gasteiger partial charge in [0.1, 0.15) is 0 Å². The van der Waals surface area contributed by atoms with Crippen molar-refractivity contribution in [1.29, 1.82) is 0 Å². The van der Waals surface area contributed by atoms with E-state index in [0.717, 1.165) is 55.1 Å². The first-order valence-corrected chi connectivity index (χ1v) is 13.9. The highest BCUT2D eigenvalue weighted by Crippen LogP contribution is 2.42. The predicted octanol–water partition coefficient (Wildman–Crippen LogP) is 4.66. The first kappa shape index (κ1) is 28.7. The summed E-state index contributed by atoms with van der Waals surface area (Å²) in [6, 6.07) is 22.1. The summed E-state index contributed by atoms with van der Waals surface area (Å²) in [6.07, 6.45) is -0.960. The van der Waals surface area contributed by atoms with Gasteiger partial charge in [-0.1, -0.05) is 43.3 Å². The molecule has 41 heavy (non-hydrogen) atoms. The summed E-state index contributed by atoms with van der Waals surface area (Å²) in [5.41, 5.74) is 4.45. The van der Waals surface area contributed by atoms with Gasteiger partial charge in [0, 0.05) is 74.6 Å². The highest BCUT2D eigenvalue weighted by atomic mass is 16.7. The van der Waals surface area contributed by atoms with Gasteiger partial charge in [0.05, 0.1) is 23.7 Å². The van der Waals surface area contributed by atoms with Crippen molar-refractivity contribution < 1.29 is 24.3 Å². The molecule has 0 aromatic heterocycles. The minimum absolute atomic E-state index is 0.0164. The van der Waals surface area contributed by atoms with Gasteiger partial charge in [0.15, 0.2) is 6.29 Å². The van der Waals surface area contributed by atoms with E-state index in [-0.39, 0.29) is 41.3 Å². The molecular formula is C31H36N4O6. The van der Waals surface area contributed by atoms with E-state index >= 15 is 0 Å². The molecule has 0 aliphatic carbocycles. The number of hydrogen-bond donors (Lipinski definition) is 2. The van der Waals surface area contributed by atoms with Crippen LogP contribution in [0.15, 0.2) is 72.8 Å². The Kier molecular flexibility index (Phi) is 8.94. The van der Waals surface area contributed by atoms with Crippen molar-refractivity contribution in [2.75, 3.05) is 42.9 Å². The lowest BCUT2D eigenvalue weighted by Gasteiger charge is -2.44. The highest BCUT2D eigenvalue weighted by molar-refractivity contribution is 5.88. The Morgan fingerprint density at radius 2 is 1.71 bits per heavy atom. The van der Waals surface area contributed by atoms with Crippen LogP contribution in [-0.2, 0) is 20.9 Å². The van der Waals surface area contributed by atoms with Gasteiger partial charge in [-0.2, -0.15) is 0 Å². The number of piperazine rings is 1. The SMILES string of the molecule is CC(=O)Nc1cccc([C@H]2O[C@@H](CN3CCN(c4ccc([N+](=O)[O-])cc4)CC3)[C@@H](C)[C@@H](c3ccc(CO)cc3)O2)c1. The van der Waals surface area contributed by atoms with Gasteiger partial charge >= 0.3 is 0 Å². The van der Waals surface area contributed by atoms with Crippen molar-refractivity contribution in [3.63, 3.8) is 0 Å². The third kappa shape index (κ3) is 6.91. The van der Waals surface area contributed by atoms with Gasteiger partial charge in [-0.25, -0.2) is 0 Å². The fourth-order valence-electron chi connectivity index (χ4n) is 5.52. The number of nitro groups is 1. The maximum Gasteiger partial charge on any atom is 0.269 e. The molecule has 216 valence electrons. The topological polar surface area (TPSA) is 117 Å². The van der Waals surface area contributed by atoms with Crippen LogP contribution in [0.25, 0.3) is 0 Å². The Morgan fingerprint density at radius 3 is 2.34 bits per heavy atom. The van der Waals surface area contributed by atoms with Crippen LogP contribution in [0, 0.1) is 16.0 Å². The number of nitrogens with zero attached hydrogens (tertiary/aromatic N) is 3. The van der Waals surface area contributed by atoms with Gasteiger partial charge in [-0.15, -0.1) is 0 Å². The summed E-state index contributed by atoms with van der Waals surface area (Å²) in [5, 5.41) is 23.3. The van der Waals surface area contributed by atoms with Crippen molar-refractivity contribution in [2.24, 2.45) is 5.92 Å². The summed E-state index contributed by atoms with van der Waals surface area (Å²) >= 11 is 0. The fourth-order valence-corrected chi connectivity index (χ4v) is 5.52. The normalized spacial score (nSPS) is 23.2. The lowest BCUT2D eigenvalue weighted by atomic mass is 9.90. The zero-order chi connectivity index (χ0) is 28.9. The van der Waals surface area contributed by atoms with Gasteiger partial charge < -0.3 is 24.8 Å². The van der Waals surface area contributed by atoms with Gasteiger partial charge in [0.25, 0.3) is 5.69 Å². The molecule has 2 heterocycles. The molecule has 2 saturated heterocycles. The van der Waals surface area contributed by atoms with E-state index in [2.05, 4.69) is 22.0 Å². The van der Waals surface area contributed by atoms with Gasteiger partial charge in [-0.05, 0) is 35.4 Å². The highest BCUT2D eigenvalue weighted by Gasteiger charge is 2.39. The summed E-state index contributed by atoms with van der Waals surface area (Å²) < 4.78 is 13.2. The van der Waals surface area contributed by atoms with Crippen LogP contribution < -0.4 is 10.2 Å². The molecule has 1 amide bonds. The van der Waals surface area contributed by atoms with Crippen LogP contribution in [0.3, 0.4) is 0 Å². The number of benzene rings is 3. The van der Waals surface area contributed by atoms with E-state index in [9.17, 15) is 20.0 Å². The number of carbonyl (C=O) groups is 1. The number of aliphatic hydroxyl groups excluding tert-OH is 1. The quantitative estimate of drug-likeness (QED) is 0.302. The Balaban J connectivity index is 1.31. The third-order valence-electron chi connectivity index (χ3n) is 7.84. The largest absolute Gasteiger partial charge is 0.392 e. The molecule has 2 N–H and O–H groups in total. The average molecular weight is 561 g/mol. The van der Waals surface area contributed by atoms with E-state index in [0.29, 0.717) is 5.69 Å². The van der Waals surface area contributed by atoms with Crippen LogP contribution in [0.1, 0.15) is 42.9 Å². The van der Waals surface area contributed by atoms with Crippen LogP contribution >= 0.6 is 0 Å². The van der Waals surface area contributed by atoms with Crippen molar-refractivity contribution in [1.82, 2.24) is 4.90 Å².